The fourth-order valence-electron chi connectivity index (χ4n) is 2.51. The maximum absolute atomic E-state index is 6.27. The van der Waals surface area contributed by atoms with E-state index < -0.39 is 11.6 Å². The molecule has 0 aromatic heterocycles. The van der Waals surface area contributed by atoms with E-state index >= 15 is 0 Å². The van der Waals surface area contributed by atoms with Gasteiger partial charge in [-0.1, -0.05) is 19.3 Å². The van der Waals surface area contributed by atoms with E-state index in [1.54, 1.807) is 0 Å². The number of hydrogen-bond donors (Lipinski definition) is 0. The summed E-state index contributed by atoms with van der Waals surface area (Å²) in [5, 5.41) is 0. The zero-order valence-electron chi connectivity index (χ0n) is 13.2. The Labute approximate surface area is 120 Å². The lowest BCUT2D eigenvalue weighted by Gasteiger charge is -2.46. The molecular weight excluding hydrogens is 260 g/mol. The van der Waals surface area contributed by atoms with Gasteiger partial charge in [-0.15, -0.1) is 0 Å². The standard InChI is InChI=1S/C14H30O4Si/c1-5-15-14(16-6-2,13(3,4)18-19)17-12-10-8-7-9-11-12/h12H,5-11H2,1-4,19H3. The molecule has 4 nitrogen and oxygen atoms in total. The SMILES string of the molecule is CCOC(OCC)(OC1CCCCC1)C(C)(C)O[SiH3]. The maximum atomic E-state index is 6.27. The second-order valence-corrected chi connectivity index (χ2v) is 5.92. The number of ether oxygens (including phenoxy) is 3. The molecule has 0 aromatic carbocycles. The summed E-state index contributed by atoms with van der Waals surface area (Å²) in [5.41, 5.74) is -0.595. The molecule has 114 valence electrons. The summed E-state index contributed by atoms with van der Waals surface area (Å²) >= 11 is 0. The van der Waals surface area contributed by atoms with Crippen LogP contribution in [-0.4, -0.2) is 41.4 Å². The van der Waals surface area contributed by atoms with Gasteiger partial charge in [0.15, 0.2) is 0 Å². The van der Waals surface area contributed by atoms with Crippen LogP contribution in [-0.2, 0) is 18.6 Å². The van der Waals surface area contributed by atoms with Crippen molar-refractivity contribution in [2.24, 2.45) is 0 Å². The Morgan fingerprint density at radius 2 is 1.53 bits per heavy atom. The van der Waals surface area contributed by atoms with Crippen LogP contribution in [0.3, 0.4) is 0 Å². The Bertz CT molecular complexity index is 246. The predicted molar refractivity (Wildman–Crippen MR) is 79.0 cm³/mol. The molecule has 1 aliphatic rings. The highest BCUT2D eigenvalue weighted by molar-refractivity contribution is 5.98. The highest BCUT2D eigenvalue weighted by atomic mass is 28.2. The first-order valence-corrected chi connectivity index (χ1v) is 8.34. The minimum atomic E-state index is -1.08. The van der Waals surface area contributed by atoms with Gasteiger partial charge in [0, 0.05) is 13.2 Å². The van der Waals surface area contributed by atoms with Gasteiger partial charge in [-0.25, -0.2) is 0 Å². The topological polar surface area (TPSA) is 36.9 Å². The maximum Gasteiger partial charge on any atom is 0.312 e. The van der Waals surface area contributed by atoms with Gasteiger partial charge in [0.1, 0.15) is 16.1 Å². The van der Waals surface area contributed by atoms with Crippen LogP contribution in [0.25, 0.3) is 0 Å². The van der Waals surface area contributed by atoms with Crippen LogP contribution in [0.2, 0.25) is 0 Å². The molecule has 0 bridgehead atoms. The minimum Gasteiger partial charge on any atom is -0.415 e. The molecule has 0 aliphatic heterocycles. The van der Waals surface area contributed by atoms with Crippen molar-refractivity contribution < 1.29 is 18.6 Å². The summed E-state index contributed by atoms with van der Waals surface area (Å²) in [4.78, 5) is 0. The second kappa shape index (κ2) is 7.74. The lowest BCUT2D eigenvalue weighted by atomic mass is 9.97. The van der Waals surface area contributed by atoms with Crippen LogP contribution < -0.4 is 0 Å². The van der Waals surface area contributed by atoms with Gasteiger partial charge >= 0.3 is 5.97 Å². The zero-order valence-corrected chi connectivity index (χ0v) is 15.2. The summed E-state index contributed by atoms with van der Waals surface area (Å²) in [6.45, 7) is 8.97. The Balaban J connectivity index is 2.86. The highest BCUT2D eigenvalue weighted by Crippen LogP contribution is 2.36. The summed E-state index contributed by atoms with van der Waals surface area (Å²) in [7, 11) is 0.621. The van der Waals surface area contributed by atoms with E-state index in [2.05, 4.69) is 0 Å². The average Bonchev–Trinajstić information content (AvgIpc) is 2.40. The predicted octanol–water partition coefficient (Wildman–Crippen LogP) is 2.14. The zero-order chi connectivity index (χ0) is 14.4. The lowest BCUT2D eigenvalue weighted by Crippen LogP contribution is -2.59. The van der Waals surface area contributed by atoms with Crippen molar-refractivity contribution in [3.05, 3.63) is 0 Å². The number of rotatable bonds is 8. The first kappa shape index (κ1) is 17.1. The van der Waals surface area contributed by atoms with E-state index in [0.29, 0.717) is 23.7 Å². The molecule has 19 heavy (non-hydrogen) atoms. The van der Waals surface area contributed by atoms with E-state index in [4.69, 9.17) is 18.6 Å². The molecule has 1 fully saturated rings. The fourth-order valence-corrected chi connectivity index (χ4v) is 2.76. The van der Waals surface area contributed by atoms with Crippen molar-refractivity contribution in [3.63, 3.8) is 0 Å². The quantitative estimate of drug-likeness (QED) is 0.507. The van der Waals surface area contributed by atoms with Crippen LogP contribution in [0.1, 0.15) is 59.8 Å². The van der Waals surface area contributed by atoms with Gasteiger partial charge in [-0.05, 0) is 40.5 Å². The third-order valence-corrected chi connectivity index (χ3v) is 4.81. The molecule has 0 radical (unpaired) electrons. The highest BCUT2D eigenvalue weighted by Gasteiger charge is 2.50. The molecular formula is C14H30O4Si. The van der Waals surface area contributed by atoms with Crippen molar-refractivity contribution in [2.45, 2.75) is 77.5 Å². The average molecular weight is 290 g/mol. The van der Waals surface area contributed by atoms with Crippen LogP contribution in [0.4, 0.5) is 0 Å². The molecule has 1 saturated carbocycles. The molecule has 0 saturated heterocycles. The number of hydrogen-bond acceptors (Lipinski definition) is 4. The normalized spacial score (nSPS) is 18.9. The molecule has 0 spiro atoms. The molecule has 0 heterocycles. The summed E-state index contributed by atoms with van der Waals surface area (Å²) in [5.74, 6) is -1.08. The molecule has 1 rings (SSSR count). The Morgan fingerprint density at radius 1 is 1.00 bits per heavy atom. The van der Waals surface area contributed by atoms with Crippen molar-refractivity contribution in [2.75, 3.05) is 13.2 Å². The Morgan fingerprint density at radius 3 is 1.95 bits per heavy atom. The fraction of sp³-hybridized carbons (Fsp3) is 1.00. The van der Waals surface area contributed by atoms with Crippen LogP contribution in [0, 0.1) is 0 Å². The molecule has 1 aliphatic carbocycles. The summed E-state index contributed by atoms with van der Waals surface area (Å²) in [6.07, 6.45) is 6.13. The third kappa shape index (κ3) is 4.26. The Kier molecular flexibility index (Phi) is 6.97. The van der Waals surface area contributed by atoms with E-state index in [0.717, 1.165) is 12.8 Å². The monoisotopic (exact) mass is 290 g/mol. The van der Waals surface area contributed by atoms with Gasteiger partial charge in [0.25, 0.3) is 0 Å². The van der Waals surface area contributed by atoms with Crippen LogP contribution in [0.15, 0.2) is 0 Å². The van der Waals surface area contributed by atoms with E-state index in [1.165, 1.54) is 19.3 Å². The van der Waals surface area contributed by atoms with Crippen molar-refractivity contribution in [1.29, 1.82) is 0 Å². The molecule has 0 unspecified atom stereocenters. The van der Waals surface area contributed by atoms with E-state index in [-0.39, 0.29) is 6.10 Å². The summed E-state index contributed by atoms with van der Waals surface area (Å²) in [6, 6.07) is 0. The molecule has 0 atom stereocenters. The first-order valence-electron chi connectivity index (χ1n) is 7.52. The van der Waals surface area contributed by atoms with Gasteiger partial charge in [0.05, 0.1) is 6.10 Å². The Hall–Kier alpha value is 0.0569. The van der Waals surface area contributed by atoms with Crippen LogP contribution >= 0.6 is 0 Å². The van der Waals surface area contributed by atoms with Gasteiger partial charge in [0.2, 0.25) is 0 Å². The van der Waals surface area contributed by atoms with E-state index in [1.807, 2.05) is 27.7 Å². The first-order chi connectivity index (χ1) is 9.01. The van der Waals surface area contributed by atoms with Crippen LogP contribution in [0.5, 0.6) is 0 Å². The molecule has 0 aromatic rings. The second-order valence-electron chi connectivity index (χ2n) is 5.51. The van der Waals surface area contributed by atoms with Gasteiger partial charge < -0.3 is 18.6 Å². The molecule has 0 amide bonds. The van der Waals surface area contributed by atoms with E-state index in [9.17, 15) is 0 Å². The smallest absolute Gasteiger partial charge is 0.312 e. The van der Waals surface area contributed by atoms with Crippen molar-refractivity contribution >= 4 is 10.5 Å². The molecule has 5 heteroatoms. The van der Waals surface area contributed by atoms with Crippen molar-refractivity contribution in [1.82, 2.24) is 0 Å². The minimum absolute atomic E-state index is 0.211. The lowest BCUT2D eigenvalue weighted by molar-refractivity contribution is -0.440. The largest absolute Gasteiger partial charge is 0.415 e. The molecule has 0 N–H and O–H groups in total. The summed E-state index contributed by atoms with van der Waals surface area (Å²) < 4.78 is 23.7. The van der Waals surface area contributed by atoms with Crippen molar-refractivity contribution in [3.8, 4) is 0 Å². The van der Waals surface area contributed by atoms with Gasteiger partial charge in [-0.2, -0.15) is 0 Å². The third-order valence-electron chi connectivity index (χ3n) is 3.79. The van der Waals surface area contributed by atoms with Gasteiger partial charge in [-0.3, -0.25) is 0 Å².